The van der Waals surface area contributed by atoms with Crippen LogP contribution in [0.1, 0.15) is 31.7 Å². The highest BCUT2D eigenvalue weighted by molar-refractivity contribution is 7.10. The van der Waals surface area contributed by atoms with Crippen molar-refractivity contribution < 1.29 is 9.72 Å². The molecule has 1 aliphatic rings. The smallest absolute Gasteiger partial charge is 0.293 e. The van der Waals surface area contributed by atoms with Gasteiger partial charge < -0.3 is 10.2 Å². The highest BCUT2D eigenvalue weighted by Crippen LogP contribution is 2.40. The molecule has 3 heterocycles. The number of fused-ring (bicyclic) bond motifs is 1. The lowest BCUT2D eigenvalue weighted by Gasteiger charge is -2.35. The van der Waals surface area contributed by atoms with Crippen LogP contribution in [0.5, 0.6) is 0 Å². The minimum absolute atomic E-state index is 0.0933. The number of nitro benzene ring substituents is 1. The summed E-state index contributed by atoms with van der Waals surface area (Å²) in [5.41, 5.74) is 1.79. The maximum absolute atomic E-state index is 13.3. The van der Waals surface area contributed by atoms with E-state index < -0.39 is 4.92 Å². The largest absolute Gasteiger partial charge is 0.383 e. The van der Waals surface area contributed by atoms with Crippen molar-refractivity contribution in [2.45, 2.75) is 12.5 Å². The number of carbonyl (C=O) groups is 1. The van der Waals surface area contributed by atoms with Gasteiger partial charge in [-0.3, -0.25) is 14.9 Å². The molecule has 4 rings (SSSR count). The first-order valence-corrected chi connectivity index (χ1v) is 10.2. The van der Waals surface area contributed by atoms with Crippen molar-refractivity contribution in [1.29, 1.82) is 0 Å². The maximum atomic E-state index is 13.3. The fraction of sp³-hybridized carbons (Fsp3) is 0.211. The molecule has 0 unspecified atom stereocenters. The SMILES string of the molecule is CNc1ccc(C(=O)N2CCc3sccc3[C@H]2c2cccs2)cc1[N+](=O)[O-]. The quantitative estimate of drug-likeness (QED) is 0.516. The molecule has 1 N–H and O–H groups in total. The van der Waals surface area contributed by atoms with Crippen molar-refractivity contribution in [1.82, 2.24) is 4.90 Å². The number of thiophene rings is 2. The average molecular weight is 399 g/mol. The van der Waals surface area contributed by atoms with Crippen molar-refractivity contribution in [3.63, 3.8) is 0 Å². The lowest BCUT2D eigenvalue weighted by atomic mass is 9.97. The zero-order chi connectivity index (χ0) is 19.0. The Morgan fingerprint density at radius 3 is 2.81 bits per heavy atom. The zero-order valence-corrected chi connectivity index (χ0v) is 16.2. The summed E-state index contributed by atoms with van der Waals surface area (Å²) < 4.78 is 0. The number of rotatable bonds is 4. The molecule has 2 aromatic heterocycles. The number of benzene rings is 1. The van der Waals surface area contributed by atoms with Gasteiger partial charge in [-0.2, -0.15) is 0 Å². The number of hydrogen-bond donors (Lipinski definition) is 1. The van der Waals surface area contributed by atoms with Crippen molar-refractivity contribution in [2.24, 2.45) is 0 Å². The number of hydrogen-bond acceptors (Lipinski definition) is 6. The molecule has 0 fully saturated rings. The summed E-state index contributed by atoms with van der Waals surface area (Å²) in [5, 5.41) is 18.2. The van der Waals surface area contributed by atoms with Crippen LogP contribution in [-0.4, -0.2) is 29.3 Å². The molecule has 1 aliphatic heterocycles. The molecule has 3 aromatic rings. The molecule has 1 amide bonds. The fourth-order valence-corrected chi connectivity index (χ4v) is 5.24. The summed E-state index contributed by atoms with van der Waals surface area (Å²) in [4.78, 5) is 28.4. The van der Waals surface area contributed by atoms with Gasteiger partial charge in [0.25, 0.3) is 11.6 Å². The predicted octanol–water partition coefficient (Wildman–Crippen LogP) is 4.55. The summed E-state index contributed by atoms with van der Waals surface area (Å²) in [6.07, 6.45) is 0.803. The molecule has 8 heteroatoms. The number of nitrogens with one attached hydrogen (secondary N) is 1. The van der Waals surface area contributed by atoms with Crippen molar-refractivity contribution in [3.8, 4) is 0 Å². The second-order valence-electron chi connectivity index (χ2n) is 6.20. The van der Waals surface area contributed by atoms with Crippen LogP contribution in [0, 0.1) is 10.1 Å². The Kier molecular flexibility index (Phi) is 4.67. The molecule has 0 saturated carbocycles. The molecule has 6 nitrogen and oxygen atoms in total. The minimum Gasteiger partial charge on any atom is -0.383 e. The number of anilines is 1. The van der Waals surface area contributed by atoms with Gasteiger partial charge in [0, 0.05) is 35.0 Å². The van der Waals surface area contributed by atoms with E-state index in [1.54, 1.807) is 41.9 Å². The molecule has 0 saturated heterocycles. The van der Waals surface area contributed by atoms with Gasteiger partial charge in [-0.25, -0.2) is 0 Å². The van der Waals surface area contributed by atoms with Crippen LogP contribution in [-0.2, 0) is 6.42 Å². The molecule has 1 aromatic carbocycles. The van der Waals surface area contributed by atoms with Gasteiger partial charge in [-0.1, -0.05) is 6.07 Å². The maximum Gasteiger partial charge on any atom is 0.293 e. The van der Waals surface area contributed by atoms with Gasteiger partial charge in [0.2, 0.25) is 0 Å². The normalized spacial score (nSPS) is 16.0. The van der Waals surface area contributed by atoms with Gasteiger partial charge in [0.1, 0.15) is 5.69 Å². The van der Waals surface area contributed by atoms with Crippen LogP contribution in [0.2, 0.25) is 0 Å². The Morgan fingerprint density at radius 2 is 2.11 bits per heavy atom. The molecular weight excluding hydrogens is 382 g/mol. The lowest BCUT2D eigenvalue weighted by molar-refractivity contribution is -0.384. The zero-order valence-electron chi connectivity index (χ0n) is 14.5. The molecule has 0 spiro atoms. The van der Waals surface area contributed by atoms with E-state index in [0.29, 0.717) is 17.8 Å². The number of amides is 1. The monoisotopic (exact) mass is 399 g/mol. The Hall–Kier alpha value is -2.71. The van der Waals surface area contributed by atoms with E-state index in [1.165, 1.54) is 10.9 Å². The molecule has 0 radical (unpaired) electrons. The van der Waals surface area contributed by atoms with Crippen LogP contribution in [0.3, 0.4) is 0 Å². The number of nitro groups is 1. The third-order valence-corrected chi connectivity index (χ3v) is 6.67. The van der Waals surface area contributed by atoms with E-state index in [4.69, 9.17) is 0 Å². The minimum atomic E-state index is -0.466. The molecule has 138 valence electrons. The second-order valence-corrected chi connectivity index (χ2v) is 8.18. The van der Waals surface area contributed by atoms with Crippen LogP contribution >= 0.6 is 22.7 Å². The van der Waals surface area contributed by atoms with Crippen LogP contribution in [0.4, 0.5) is 11.4 Å². The van der Waals surface area contributed by atoms with Crippen LogP contribution in [0.15, 0.2) is 47.2 Å². The summed E-state index contributed by atoms with van der Waals surface area (Å²) in [5.74, 6) is -0.184. The third-order valence-electron chi connectivity index (χ3n) is 4.75. The van der Waals surface area contributed by atoms with Gasteiger partial charge >= 0.3 is 0 Å². The van der Waals surface area contributed by atoms with Crippen LogP contribution < -0.4 is 5.32 Å². The first-order valence-electron chi connectivity index (χ1n) is 8.47. The first-order chi connectivity index (χ1) is 13.1. The molecule has 27 heavy (non-hydrogen) atoms. The Labute approximate surface area is 164 Å². The summed E-state index contributed by atoms with van der Waals surface area (Å²) in [6, 6.07) is 10.6. The van der Waals surface area contributed by atoms with E-state index in [0.717, 1.165) is 16.9 Å². The molecule has 0 bridgehead atoms. The Morgan fingerprint density at radius 1 is 1.26 bits per heavy atom. The van der Waals surface area contributed by atoms with Gasteiger partial charge in [0.15, 0.2) is 0 Å². The lowest BCUT2D eigenvalue weighted by Crippen LogP contribution is -2.39. The van der Waals surface area contributed by atoms with Gasteiger partial charge in [-0.15, -0.1) is 22.7 Å². The predicted molar refractivity (Wildman–Crippen MR) is 108 cm³/mol. The third kappa shape index (κ3) is 3.11. The highest BCUT2D eigenvalue weighted by atomic mass is 32.1. The molecular formula is C19H17N3O3S2. The van der Waals surface area contributed by atoms with Crippen LogP contribution in [0.25, 0.3) is 0 Å². The number of carbonyl (C=O) groups excluding carboxylic acids is 1. The number of nitrogens with zero attached hydrogens (tertiary/aromatic N) is 2. The van der Waals surface area contributed by atoms with Gasteiger partial charge in [-0.05, 0) is 47.0 Å². The molecule has 1 atom stereocenters. The summed E-state index contributed by atoms with van der Waals surface area (Å²) >= 11 is 3.34. The molecule has 0 aliphatic carbocycles. The topological polar surface area (TPSA) is 75.5 Å². The summed E-state index contributed by atoms with van der Waals surface area (Å²) in [7, 11) is 1.62. The van der Waals surface area contributed by atoms with E-state index in [1.807, 2.05) is 22.4 Å². The van der Waals surface area contributed by atoms with Gasteiger partial charge in [0.05, 0.1) is 11.0 Å². The Bertz CT molecular complexity index is 998. The van der Waals surface area contributed by atoms with E-state index in [2.05, 4.69) is 16.8 Å². The summed E-state index contributed by atoms with van der Waals surface area (Å²) in [6.45, 7) is 0.594. The average Bonchev–Trinajstić information content (AvgIpc) is 3.37. The van der Waals surface area contributed by atoms with Crippen molar-refractivity contribution in [3.05, 3.63) is 78.2 Å². The first kappa shape index (κ1) is 17.7. The van der Waals surface area contributed by atoms with E-state index in [9.17, 15) is 14.9 Å². The van der Waals surface area contributed by atoms with E-state index in [-0.39, 0.29) is 17.6 Å². The second kappa shape index (κ2) is 7.13. The van der Waals surface area contributed by atoms with E-state index >= 15 is 0 Å². The highest BCUT2D eigenvalue weighted by Gasteiger charge is 2.34. The van der Waals surface area contributed by atoms with Crippen molar-refractivity contribution in [2.75, 3.05) is 18.9 Å². The fourth-order valence-electron chi connectivity index (χ4n) is 3.48. The Balaban J connectivity index is 1.75. The van der Waals surface area contributed by atoms with Crippen molar-refractivity contribution >= 4 is 40.0 Å². The standard InChI is InChI=1S/C19H17N3O3S2/c1-20-14-5-4-12(11-15(14)22(24)25)19(23)21-8-6-16-13(7-10-27-16)18(21)17-3-2-9-26-17/h2-5,7,9-11,18,20H,6,8H2,1H3/t18-/m0/s1.